The van der Waals surface area contributed by atoms with Crippen molar-refractivity contribution in [2.24, 2.45) is 0 Å². The van der Waals surface area contributed by atoms with Crippen LogP contribution >= 0.6 is 15.9 Å². The fourth-order valence-corrected chi connectivity index (χ4v) is 2.63. The molecular formula is C15H20BrNO6. The zero-order valence-corrected chi connectivity index (χ0v) is 14.5. The number of rotatable bonds is 8. The first kappa shape index (κ1) is 19.4. The summed E-state index contributed by atoms with van der Waals surface area (Å²) >= 11 is 3.39. The zero-order chi connectivity index (χ0) is 17.3. The molecule has 128 valence electrons. The summed E-state index contributed by atoms with van der Waals surface area (Å²) in [4.78, 5) is 23.5. The molecule has 0 bridgehead atoms. The standard InChI is InChI=1S/C15H20BrNO6/c1-3-22-13(19)15(23-10-9-18,17-14(20)21-2)12(16)11-7-5-4-6-8-11/h4-8,12,18H,3,9-10H2,1-2H3,(H,17,20). The highest BCUT2D eigenvalue weighted by molar-refractivity contribution is 9.09. The van der Waals surface area contributed by atoms with Crippen LogP contribution in [-0.2, 0) is 19.0 Å². The van der Waals surface area contributed by atoms with Crippen molar-refractivity contribution in [2.75, 3.05) is 26.9 Å². The normalized spacial score (nSPS) is 14.4. The lowest BCUT2D eigenvalue weighted by atomic mass is 10.0. The van der Waals surface area contributed by atoms with Crippen molar-refractivity contribution >= 4 is 28.0 Å². The van der Waals surface area contributed by atoms with Crippen LogP contribution in [0.4, 0.5) is 4.79 Å². The van der Waals surface area contributed by atoms with Gasteiger partial charge in [-0.1, -0.05) is 46.3 Å². The number of methoxy groups -OCH3 is 1. The van der Waals surface area contributed by atoms with Crippen LogP contribution in [-0.4, -0.2) is 49.8 Å². The topological polar surface area (TPSA) is 94.1 Å². The summed E-state index contributed by atoms with van der Waals surface area (Å²) in [6.07, 6.45) is -0.864. The molecule has 0 aromatic heterocycles. The number of carbonyl (C=O) groups excluding carboxylic acids is 2. The largest absolute Gasteiger partial charge is 0.462 e. The van der Waals surface area contributed by atoms with Gasteiger partial charge in [0.1, 0.15) is 0 Å². The molecule has 0 saturated heterocycles. The van der Waals surface area contributed by atoms with E-state index < -0.39 is 22.6 Å². The Labute approximate surface area is 143 Å². The van der Waals surface area contributed by atoms with Crippen LogP contribution in [0.25, 0.3) is 0 Å². The summed E-state index contributed by atoms with van der Waals surface area (Å²) in [6, 6.07) is 8.90. The number of amides is 1. The molecule has 0 heterocycles. The molecule has 0 spiro atoms. The molecule has 0 radical (unpaired) electrons. The molecule has 0 aliphatic rings. The van der Waals surface area contributed by atoms with Crippen LogP contribution in [0.1, 0.15) is 17.3 Å². The first-order valence-corrected chi connectivity index (χ1v) is 7.90. The zero-order valence-electron chi connectivity index (χ0n) is 13.0. The highest BCUT2D eigenvalue weighted by atomic mass is 79.9. The summed E-state index contributed by atoms with van der Waals surface area (Å²) in [7, 11) is 1.17. The Hall–Kier alpha value is -1.64. The van der Waals surface area contributed by atoms with E-state index in [-0.39, 0.29) is 19.8 Å². The molecule has 0 aliphatic carbocycles. The maximum Gasteiger partial charge on any atom is 0.409 e. The maximum absolute atomic E-state index is 12.5. The van der Waals surface area contributed by atoms with Crippen molar-refractivity contribution in [3.05, 3.63) is 35.9 Å². The van der Waals surface area contributed by atoms with Crippen LogP contribution in [0.2, 0.25) is 0 Å². The van der Waals surface area contributed by atoms with E-state index in [1.165, 1.54) is 7.11 Å². The van der Waals surface area contributed by atoms with Crippen LogP contribution in [0.3, 0.4) is 0 Å². The monoisotopic (exact) mass is 389 g/mol. The summed E-state index contributed by atoms with van der Waals surface area (Å²) in [5.41, 5.74) is -1.21. The smallest absolute Gasteiger partial charge is 0.409 e. The van der Waals surface area contributed by atoms with E-state index in [4.69, 9.17) is 14.6 Å². The number of alkyl halides is 1. The lowest BCUT2D eigenvalue weighted by Crippen LogP contribution is -2.60. The number of aliphatic hydroxyl groups is 1. The van der Waals surface area contributed by atoms with Crippen molar-refractivity contribution in [1.29, 1.82) is 0 Å². The summed E-state index contributed by atoms with van der Waals surface area (Å²) in [6.45, 7) is 1.22. The Morgan fingerprint density at radius 2 is 2.00 bits per heavy atom. The number of hydrogen-bond donors (Lipinski definition) is 2. The molecule has 8 heteroatoms. The molecule has 1 rings (SSSR count). The number of benzene rings is 1. The van der Waals surface area contributed by atoms with E-state index in [9.17, 15) is 9.59 Å². The van der Waals surface area contributed by atoms with Crippen LogP contribution in [0.15, 0.2) is 30.3 Å². The van der Waals surface area contributed by atoms with E-state index in [1.807, 2.05) is 6.07 Å². The molecule has 0 saturated carbocycles. The molecule has 1 aromatic carbocycles. The third kappa shape index (κ3) is 4.92. The second-order valence-electron chi connectivity index (χ2n) is 4.42. The van der Waals surface area contributed by atoms with Gasteiger partial charge in [-0.05, 0) is 12.5 Å². The molecule has 0 fully saturated rings. The molecule has 1 amide bonds. The first-order valence-electron chi connectivity index (χ1n) is 6.99. The second-order valence-corrected chi connectivity index (χ2v) is 5.33. The van der Waals surface area contributed by atoms with Gasteiger partial charge in [-0.3, -0.25) is 5.32 Å². The van der Waals surface area contributed by atoms with Gasteiger partial charge in [0.2, 0.25) is 0 Å². The van der Waals surface area contributed by atoms with Gasteiger partial charge in [0.05, 0.1) is 31.8 Å². The molecule has 7 nitrogen and oxygen atoms in total. The van der Waals surface area contributed by atoms with Crippen LogP contribution in [0, 0.1) is 0 Å². The Bertz CT molecular complexity index is 512. The van der Waals surface area contributed by atoms with E-state index in [0.29, 0.717) is 5.56 Å². The summed E-state index contributed by atoms with van der Waals surface area (Å²) in [5, 5.41) is 11.4. The van der Waals surface area contributed by atoms with Crippen molar-refractivity contribution < 1.29 is 28.9 Å². The fraction of sp³-hybridized carbons (Fsp3) is 0.467. The van der Waals surface area contributed by atoms with Crippen LogP contribution < -0.4 is 5.32 Å². The average molecular weight is 390 g/mol. The van der Waals surface area contributed by atoms with E-state index in [2.05, 4.69) is 26.0 Å². The molecule has 2 N–H and O–H groups in total. The van der Waals surface area contributed by atoms with E-state index >= 15 is 0 Å². The number of esters is 1. The van der Waals surface area contributed by atoms with Gasteiger partial charge in [0.15, 0.2) is 0 Å². The number of ether oxygens (including phenoxy) is 3. The van der Waals surface area contributed by atoms with Crippen molar-refractivity contribution in [1.82, 2.24) is 5.32 Å². The Morgan fingerprint density at radius 1 is 1.35 bits per heavy atom. The fourth-order valence-electron chi connectivity index (χ4n) is 1.89. The maximum atomic E-state index is 12.5. The van der Waals surface area contributed by atoms with E-state index in [1.54, 1.807) is 31.2 Å². The predicted octanol–water partition coefficient (Wildman–Crippen LogP) is 1.75. The predicted molar refractivity (Wildman–Crippen MR) is 86.1 cm³/mol. The molecule has 0 aliphatic heterocycles. The van der Waals surface area contributed by atoms with Crippen molar-refractivity contribution in [3.63, 3.8) is 0 Å². The average Bonchev–Trinajstić information content (AvgIpc) is 2.58. The minimum Gasteiger partial charge on any atom is -0.462 e. The SMILES string of the molecule is CCOC(=O)C(NC(=O)OC)(OCCO)C(Br)c1ccccc1. The minimum atomic E-state index is -1.88. The molecule has 1 aromatic rings. The number of hydrogen-bond acceptors (Lipinski definition) is 6. The van der Waals surface area contributed by atoms with Gasteiger partial charge in [0.25, 0.3) is 5.72 Å². The Balaban J connectivity index is 3.28. The molecular weight excluding hydrogens is 370 g/mol. The van der Waals surface area contributed by atoms with Gasteiger partial charge < -0.3 is 19.3 Å². The van der Waals surface area contributed by atoms with Crippen molar-refractivity contribution in [3.8, 4) is 0 Å². The Kier molecular flexibility index (Phi) is 8.01. The third-order valence-electron chi connectivity index (χ3n) is 2.92. The Morgan fingerprint density at radius 3 is 2.52 bits per heavy atom. The van der Waals surface area contributed by atoms with Gasteiger partial charge >= 0.3 is 12.1 Å². The highest BCUT2D eigenvalue weighted by Gasteiger charge is 2.50. The quantitative estimate of drug-likeness (QED) is 0.399. The third-order valence-corrected chi connectivity index (χ3v) is 4.10. The van der Waals surface area contributed by atoms with Gasteiger partial charge in [-0.25, -0.2) is 9.59 Å². The number of halogens is 1. The lowest BCUT2D eigenvalue weighted by Gasteiger charge is -2.35. The second kappa shape index (κ2) is 9.49. The highest BCUT2D eigenvalue weighted by Crippen LogP contribution is 2.36. The number of aliphatic hydroxyl groups excluding tert-OH is 1. The first-order chi connectivity index (χ1) is 11.0. The molecule has 2 unspecified atom stereocenters. The number of alkyl carbamates (subject to hydrolysis) is 1. The minimum absolute atomic E-state index is 0.0976. The van der Waals surface area contributed by atoms with Crippen molar-refractivity contribution in [2.45, 2.75) is 17.5 Å². The number of nitrogens with one attached hydrogen (secondary N) is 1. The summed E-state index contributed by atoms with van der Waals surface area (Å²) < 4.78 is 15.1. The van der Waals surface area contributed by atoms with Crippen LogP contribution in [0.5, 0.6) is 0 Å². The molecule has 2 atom stereocenters. The van der Waals surface area contributed by atoms with Gasteiger partial charge in [-0.2, -0.15) is 0 Å². The van der Waals surface area contributed by atoms with Gasteiger partial charge in [0, 0.05) is 0 Å². The lowest BCUT2D eigenvalue weighted by molar-refractivity contribution is -0.178. The number of carbonyl (C=O) groups is 2. The van der Waals surface area contributed by atoms with E-state index in [0.717, 1.165) is 0 Å². The van der Waals surface area contributed by atoms with Gasteiger partial charge in [-0.15, -0.1) is 0 Å². The summed E-state index contributed by atoms with van der Waals surface area (Å²) in [5.74, 6) is -0.801. The molecule has 23 heavy (non-hydrogen) atoms.